The maximum Gasteiger partial charge on any atom is 0.341 e. The van der Waals surface area contributed by atoms with Crippen LogP contribution in [0.5, 0.6) is 0 Å². The number of hydrogen-bond acceptors (Lipinski definition) is 6. The van der Waals surface area contributed by atoms with E-state index in [9.17, 15) is 13.6 Å². The molecule has 1 aromatic rings. The van der Waals surface area contributed by atoms with Crippen LogP contribution in [-0.2, 0) is 9.57 Å². The average Bonchev–Trinajstić information content (AvgIpc) is 2.45. The fourth-order valence-electron chi connectivity index (χ4n) is 1.36. The number of ether oxygens (including phenoxy) is 1. The normalized spacial score (nSPS) is 10.2. The number of esters is 1. The number of rotatable bonds is 6. The number of carbonyl (C=O) groups excluding carboxylic acids is 1. The van der Waals surface area contributed by atoms with E-state index in [4.69, 9.17) is 9.57 Å². The van der Waals surface area contributed by atoms with Crippen LogP contribution >= 0.6 is 0 Å². The van der Waals surface area contributed by atoms with Crippen molar-refractivity contribution in [2.24, 2.45) is 0 Å². The van der Waals surface area contributed by atoms with Crippen LogP contribution in [0.4, 0.5) is 14.7 Å². The molecular formula is C13H17F2N3O3. The lowest BCUT2D eigenvalue weighted by Gasteiger charge is -2.14. The summed E-state index contributed by atoms with van der Waals surface area (Å²) in [7, 11) is 3.08. The Morgan fingerprint density at radius 3 is 2.62 bits per heavy atom. The molecule has 0 unspecified atom stereocenters. The zero-order chi connectivity index (χ0) is 16.0. The molecular weight excluding hydrogens is 284 g/mol. The summed E-state index contributed by atoms with van der Waals surface area (Å²) in [4.78, 5) is 24.8. The van der Waals surface area contributed by atoms with Crippen LogP contribution in [0.3, 0.4) is 0 Å². The van der Waals surface area contributed by atoms with Gasteiger partial charge >= 0.3 is 5.97 Å². The van der Waals surface area contributed by atoms with Gasteiger partial charge in [-0.15, -0.1) is 0 Å². The van der Waals surface area contributed by atoms with Crippen molar-refractivity contribution < 1.29 is 23.1 Å². The quantitative estimate of drug-likeness (QED) is 0.594. The fraction of sp³-hybridized carbons (Fsp3) is 0.462. The summed E-state index contributed by atoms with van der Waals surface area (Å²) < 4.78 is 29.3. The molecule has 1 rings (SSSR count). The van der Waals surface area contributed by atoms with E-state index in [0.29, 0.717) is 11.6 Å². The Labute approximate surface area is 121 Å². The van der Waals surface area contributed by atoms with Crippen LogP contribution in [0.2, 0.25) is 0 Å². The summed E-state index contributed by atoms with van der Waals surface area (Å²) in [6.07, 6.45) is -0.454. The van der Waals surface area contributed by atoms with Gasteiger partial charge in [0.25, 0.3) is 6.08 Å². The van der Waals surface area contributed by atoms with Crippen molar-refractivity contribution in [3.8, 4) is 0 Å². The third-order valence-electron chi connectivity index (χ3n) is 2.77. The maximum absolute atomic E-state index is 12.2. The first-order chi connectivity index (χ1) is 9.86. The first-order valence-corrected chi connectivity index (χ1v) is 6.16. The molecule has 0 aromatic carbocycles. The van der Waals surface area contributed by atoms with E-state index in [-0.39, 0.29) is 24.2 Å². The highest BCUT2D eigenvalue weighted by Crippen LogP contribution is 2.13. The standard InChI is InChI=1S/C13H17F2N3O3/c1-8(11(14)15)5-6-21-12(19)10-7-16-13(17-9(10)2)18(3)20-4/h7H,5-6H2,1-4H3. The van der Waals surface area contributed by atoms with Gasteiger partial charge in [0.1, 0.15) is 0 Å². The number of aromatic nitrogens is 2. The zero-order valence-electron chi connectivity index (χ0n) is 12.3. The van der Waals surface area contributed by atoms with Crippen LogP contribution < -0.4 is 5.06 Å². The Balaban J connectivity index is 2.69. The molecule has 0 saturated heterocycles. The molecule has 0 saturated carbocycles. The van der Waals surface area contributed by atoms with Crippen LogP contribution in [0, 0.1) is 6.92 Å². The highest BCUT2D eigenvalue weighted by Gasteiger charge is 2.15. The van der Waals surface area contributed by atoms with Crippen molar-refractivity contribution in [3.05, 3.63) is 29.1 Å². The lowest BCUT2D eigenvalue weighted by molar-refractivity contribution is 0.0505. The average molecular weight is 301 g/mol. The lowest BCUT2D eigenvalue weighted by Crippen LogP contribution is -2.19. The molecule has 0 aliphatic heterocycles. The Bertz CT molecular complexity index is 545. The van der Waals surface area contributed by atoms with Gasteiger partial charge in [-0.05, 0) is 19.4 Å². The van der Waals surface area contributed by atoms with Gasteiger partial charge in [-0.2, -0.15) is 8.78 Å². The van der Waals surface area contributed by atoms with Gasteiger partial charge in [-0.25, -0.2) is 19.8 Å². The monoisotopic (exact) mass is 301 g/mol. The third-order valence-corrected chi connectivity index (χ3v) is 2.77. The minimum Gasteiger partial charge on any atom is -0.462 e. The SMILES string of the molecule is CON(C)c1ncc(C(=O)OCCC(C)=C(F)F)c(C)n1. The molecule has 0 spiro atoms. The molecule has 0 amide bonds. The van der Waals surface area contributed by atoms with Crippen LogP contribution in [0.15, 0.2) is 17.9 Å². The number of hydroxylamine groups is 1. The zero-order valence-corrected chi connectivity index (χ0v) is 12.3. The smallest absolute Gasteiger partial charge is 0.341 e. The first kappa shape index (κ1) is 17.0. The minimum atomic E-state index is -1.75. The van der Waals surface area contributed by atoms with Crippen molar-refractivity contribution in [1.82, 2.24) is 9.97 Å². The molecule has 8 heteroatoms. The predicted octanol–water partition coefficient (Wildman–Crippen LogP) is 2.50. The summed E-state index contributed by atoms with van der Waals surface area (Å²) in [6.45, 7) is 2.78. The molecule has 0 fully saturated rings. The van der Waals surface area contributed by atoms with E-state index in [2.05, 4.69) is 9.97 Å². The van der Waals surface area contributed by atoms with E-state index >= 15 is 0 Å². The number of carbonyl (C=O) groups is 1. The number of aryl methyl sites for hydroxylation is 1. The molecule has 6 nitrogen and oxygen atoms in total. The highest BCUT2D eigenvalue weighted by atomic mass is 19.3. The second-order valence-corrected chi connectivity index (χ2v) is 4.28. The third kappa shape index (κ3) is 4.75. The topological polar surface area (TPSA) is 64.5 Å². The molecule has 1 aromatic heterocycles. The molecule has 0 radical (unpaired) electrons. The van der Waals surface area contributed by atoms with Gasteiger partial charge in [0.05, 0.1) is 25.0 Å². The minimum absolute atomic E-state index is 0.0154. The Morgan fingerprint density at radius 1 is 1.43 bits per heavy atom. The summed E-state index contributed by atoms with van der Waals surface area (Å²) >= 11 is 0. The van der Waals surface area contributed by atoms with Gasteiger partial charge in [0, 0.05) is 19.7 Å². The fourth-order valence-corrected chi connectivity index (χ4v) is 1.36. The second-order valence-electron chi connectivity index (χ2n) is 4.28. The highest BCUT2D eigenvalue weighted by molar-refractivity contribution is 5.90. The number of anilines is 1. The molecule has 0 atom stereocenters. The Morgan fingerprint density at radius 2 is 2.10 bits per heavy atom. The molecule has 0 aliphatic rings. The van der Waals surface area contributed by atoms with E-state index in [1.54, 1.807) is 14.0 Å². The second kappa shape index (κ2) is 7.63. The summed E-state index contributed by atoms with van der Waals surface area (Å²) in [5, 5.41) is 1.33. The van der Waals surface area contributed by atoms with Gasteiger partial charge in [0.15, 0.2) is 0 Å². The van der Waals surface area contributed by atoms with Crippen molar-refractivity contribution in [2.75, 3.05) is 25.8 Å². The van der Waals surface area contributed by atoms with Crippen LogP contribution in [-0.4, -0.2) is 36.7 Å². The first-order valence-electron chi connectivity index (χ1n) is 6.16. The Kier molecular flexibility index (Phi) is 6.16. The lowest BCUT2D eigenvalue weighted by atomic mass is 10.2. The maximum atomic E-state index is 12.2. The van der Waals surface area contributed by atoms with Gasteiger partial charge in [-0.1, -0.05) is 0 Å². The van der Waals surface area contributed by atoms with Crippen LogP contribution in [0.25, 0.3) is 0 Å². The summed E-state index contributed by atoms with van der Waals surface area (Å²) in [6, 6.07) is 0. The van der Waals surface area contributed by atoms with Crippen LogP contribution in [0.1, 0.15) is 29.4 Å². The van der Waals surface area contributed by atoms with Crippen molar-refractivity contribution in [2.45, 2.75) is 20.3 Å². The van der Waals surface area contributed by atoms with Gasteiger partial charge in [-0.3, -0.25) is 4.84 Å². The van der Waals surface area contributed by atoms with Crippen molar-refractivity contribution >= 4 is 11.9 Å². The largest absolute Gasteiger partial charge is 0.462 e. The summed E-state index contributed by atoms with van der Waals surface area (Å²) in [5.41, 5.74) is 0.497. The van der Waals surface area contributed by atoms with E-state index in [0.717, 1.165) is 0 Å². The predicted molar refractivity (Wildman–Crippen MR) is 72.0 cm³/mol. The molecule has 116 valence electrons. The van der Waals surface area contributed by atoms with E-state index < -0.39 is 12.0 Å². The number of halogens is 2. The Hall–Kier alpha value is -2.09. The van der Waals surface area contributed by atoms with Gasteiger partial charge in [0.2, 0.25) is 5.95 Å². The summed E-state index contributed by atoms with van der Waals surface area (Å²) in [5.74, 6) is -0.351. The molecule has 0 aliphatic carbocycles. The van der Waals surface area contributed by atoms with Crippen molar-refractivity contribution in [1.29, 1.82) is 0 Å². The molecule has 21 heavy (non-hydrogen) atoms. The van der Waals surface area contributed by atoms with Gasteiger partial charge < -0.3 is 4.74 Å². The number of nitrogens with zero attached hydrogens (tertiary/aromatic N) is 3. The van der Waals surface area contributed by atoms with E-state index in [1.807, 2.05) is 0 Å². The molecule has 1 heterocycles. The van der Waals surface area contributed by atoms with E-state index in [1.165, 1.54) is 25.3 Å². The van der Waals surface area contributed by atoms with Crippen molar-refractivity contribution in [3.63, 3.8) is 0 Å². The molecule has 0 N–H and O–H groups in total. The molecule has 0 bridgehead atoms. The number of hydrogen-bond donors (Lipinski definition) is 0.